The molecule has 0 spiro atoms. The molecule has 0 aromatic heterocycles. The second kappa shape index (κ2) is 3.43. The molecule has 1 aromatic rings. The van der Waals surface area contributed by atoms with Crippen LogP contribution >= 0.6 is 0 Å². The first-order chi connectivity index (χ1) is 7.19. The van der Waals surface area contributed by atoms with Gasteiger partial charge in [0, 0.05) is 0 Å². The molecule has 0 amide bonds. The summed E-state index contributed by atoms with van der Waals surface area (Å²) < 4.78 is 14.7. The largest absolute Gasteiger partial charge is 0.496 e. The molecular weight excluding hydrogens is 200 g/mol. The molecule has 5 nitrogen and oxygen atoms in total. The monoisotopic (exact) mass is 210 g/mol. The molecule has 0 bridgehead atoms. The van der Waals surface area contributed by atoms with Crippen molar-refractivity contribution < 1.29 is 24.1 Å². The quantitative estimate of drug-likeness (QED) is 0.733. The van der Waals surface area contributed by atoms with Gasteiger partial charge in [0.05, 0.1) is 19.8 Å². The zero-order valence-electron chi connectivity index (χ0n) is 8.31. The van der Waals surface area contributed by atoms with Gasteiger partial charge < -0.3 is 19.3 Å². The van der Waals surface area contributed by atoms with Crippen LogP contribution in [0, 0.1) is 0 Å². The number of aliphatic hydroxyl groups is 1. The number of esters is 1. The zero-order valence-corrected chi connectivity index (χ0v) is 8.31. The van der Waals surface area contributed by atoms with E-state index in [1.165, 1.54) is 14.2 Å². The van der Waals surface area contributed by atoms with Crippen molar-refractivity contribution in [2.24, 2.45) is 0 Å². The number of carbonyl (C=O) groups excluding carboxylic acids is 1. The minimum atomic E-state index is -1.28. The van der Waals surface area contributed by atoms with Gasteiger partial charge in [-0.1, -0.05) is 0 Å². The molecule has 1 atom stereocenters. The molecule has 0 aliphatic carbocycles. The van der Waals surface area contributed by atoms with E-state index in [0.717, 1.165) is 0 Å². The molecular formula is C10H10O5. The van der Waals surface area contributed by atoms with Gasteiger partial charge in [0.1, 0.15) is 17.1 Å². The summed E-state index contributed by atoms with van der Waals surface area (Å²) in [6.45, 7) is 0. The maximum Gasteiger partial charge on any atom is 0.345 e. The second-order valence-electron chi connectivity index (χ2n) is 3.02. The van der Waals surface area contributed by atoms with Crippen LogP contribution in [0.25, 0.3) is 0 Å². The highest BCUT2D eigenvalue weighted by atomic mass is 16.6. The van der Waals surface area contributed by atoms with Gasteiger partial charge in [-0.25, -0.2) is 4.79 Å². The highest BCUT2D eigenvalue weighted by Crippen LogP contribution is 2.40. The fourth-order valence-electron chi connectivity index (χ4n) is 1.60. The van der Waals surface area contributed by atoms with Crippen molar-refractivity contribution in [2.75, 3.05) is 14.2 Å². The lowest BCUT2D eigenvalue weighted by atomic mass is 10.1. The Bertz CT molecular complexity index is 413. The molecule has 0 fully saturated rings. The summed E-state index contributed by atoms with van der Waals surface area (Å²) in [4.78, 5) is 11.4. The highest BCUT2D eigenvalue weighted by Gasteiger charge is 2.35. The molecule has 0 radical (unpaired) electrons. The van der Waals surface area contributed by atoms with Gasteiger partial charge in [-0.2, -0.15) is 0 Å². The Morgan fingerprint density at radius 2 is 1.87 bits per heavy atom. The van der Waals surface area contributed by atoms with Crippen LogP contribution in [0.15, 0.2) is 12.1 Å². The van der Waals surface area contributed by atoms with E-state index in [9.17, 15) is 9.90 Å². The average Bonchev–Trinajstić information content (AvgIpc) is 2.54. The van der Waals surface area contributed by atoms with Crippen LogP contribution < -0.4 is 9.47 Å². The summed E-state index contributed by atoms with van der Waals surface area (Å²) in [6, 6.07) is 3.21. The third kappa shape index (κ3) is 1.32. The predicted octanol–water partition coefficient (Wildman–Crippen LogP) is 0.865. The second-order valence-corrected chi connectivity index (χ2v) is 3.02. The van der Waals surface area contributed by atoms with Gasteiger partial charge >= 0.3 is 5.97 Å². The Labute approximate surface area is 86.2 Å². The van der Waals surface area contributed by atoms with Crippen LogP contribution in [0.2, 0.25) is 0 Å². The zero-order chi connectivity index (χ0) is 11.0. The highest BCUT2D eigenvalue weighted by molar-refractivity contribution is 5.97. The van der Waals surface area contributed by atoms with Gasteiger partial charge in [0.25, 0.3) is 0 Å². The number of aliphatic hydroxyl groups excluding tert-OH is 1. The van der Waals surface area contributed by atoms with Crippen molar-refractivity contribution in [3.05, 3.63) is 23.3 Å². The molecule has 80 valence electrons. The molecule has 0 saturated heterocycles. The van der Waals surface area contributed by atoms with Gasteiger partial charge in [-0.05, 0) is 12.1 Å². The molecule has 1 aliphatic heterocycles. The van der Waals surface area contributed by atoms with Crippen LogP contribution in [0.4, 0.5) is 0 Å². The van der Waals surface area contributed by atoms with E-state index >= 15 is 0 Å². The van der Waals surface area contributed by atoms with Crippen molar-refractivity contribution in [3.63, 3.8) is 0 Å². The van der Waals surface area contributed by atoms with Gasteiger partial charge in [0.2, 0.25) is 6.29 Å². The third-order valence-electron chi connectivity index (χ3n) is 2.28. The first-order valence-corrected chi connectivity index (χ1v) is 4.33. The summed E-state index contributed by atoms with van der Waals surface area (Å²) in [5, 5.41) is 9.51. The number of carbonyl (C=O) groups is 1. The predicted molar refractivity (Wildman–Crippen MR) is 49.9 cm³/mol. The maximum atomic E-state index is 11.4. The molecule has 1 unspecified atom stereocenters. The van der Waals surface area contributed by atoms with Crippen molar-refractivity contribution >= 4 is 5.97 Å². The number of hydrogen-bond donors (Lipinski definition) is 1. The number of ether oxygens (including phenoxy) is 3. The van der Waals surface area contributed by atoms with E-state index in [1.807, 2.05) is 0 Å². The van der Waals surface area contributed by atoms with Crippen molar-refractivity contribution in [1.29, 1.82) is 0 Å². The minimum Gasteiger partial charge on any atom is -0.496 e. The third-order valence-corrected chi connectivity index (χ3v) is 2.28. The van der Waals surface area contributed by atoms with E-state index in [0.29, 0.717) is 17.1 Å². The van der Waals surface area contributed by atoms with Gasteiger partial charge in [-0.3, -0.25) is 0 Å². The number of methoxy groups -OCH3 is 2. The number of benzene rings is 1. The summed E-state index contributed by atoms with van der Waals surface area (Å²) in [6.07, 6.45) is -1.28. The van der Waals surface area contributed by atoms with Crippen molar-refractivity contribution in [2.45, 2.75) is 6.29 Å². The van der Waals surface area contributed by atoms with Crippen LogP contribution in [0.5, 0.6) is 11.5 Å². The standard InChI is InChI=1S/C10H10O5/c1-13-5-3-4-6(14-2)8-7(5)9(11)15-10(8)12/h3-4,9,11H,1-2H3. The van der Waals surface area contributed by atoms with E-state index in [-0.39, 0.29) is 5.56 Å². The molecule has 5 heteroatoms. The first kappa shape index (κ1) is 9.79. The molecule has 0 saturated carbocycles. The topological polar surface area (TPSA) is 65.0 Å². The van der Waals surface area contributed by atoms with Gasteiger partial charge in [0.15, 0.2) is 0 Å². The number of hydrogen-bond acceptors (Lipinski definition) is 5. The molecule has 1 aliphatic rings. The van der Waals surface area contributed by atoms with Crippen LogP contribution in [0.1, 0.15) is 22.2 Å². The van der Waals surface area contributed by atoms with Crippen LogP contribution in [-0.2, 0) is 4.74 Å². The molecule has 1 aromatic carbocycles. The SMILES string of the molecule is COc1ccc(OC)c2c1C(=O)OC2O. The lowest BCUT2D eigenvalue weighted by Gasteiger charge is -2.09. The normalized spacial score (nSPS) is 18.3. The fraction of sp³-hybridized carbons (Fsp3) is 0.300. The number of rotatable bonds is 2. The smallest absolute Gasteiger partial charge is 0.345 e. The Morgan fingerprint density at radius 3 is 2.47 bits per heavy atom. The van der Waals surface area contributed by atoms with E-state index < -0.39 is 12.3 Å². The summed E-state index contributed by atoms with van der Waals surface area (Å²) in [7, 11) is 2.90. The summed E-state index contributed by atoms with van der Waals surface area (Å²) >= 11 is 0. The lowest BCUT2D eigenvalue weighted by Crippen LogP contribution is -1.99. The van der Waals surface area contributed by atoms with E-state index in [4.69, 9.17) is 9.47 Å². The average molecular weight is 210 g/mol. The first-order valence-electron chi connectivity index (χ1n) is 4.33. The number of fused-ring (bicyclic) bond motifs is 1. The maximum absolute atomic E-state index is 11.4. The van der Waals surface area contributed by atoms with Crippen LogP contribution in [0.3, 0.4) is 0 Å². The number of cyclic esters (lactones) is 1. The summed E-state index contributed by atoms with van der Waals surface area (Å²) in [5.74, 6) is 0.171. The molecule has 1 heterocycles. The van der Waals surface area contributed by atoms with Gasteiger partial charge in [-0.15, -0.1) is 0 Å². The van der Waals surface area contributed by atoms with Crippen molar-refractivity contribution in [3.8, 4) is 11.5 Å². The molecule has 1 N–H and O–H groups in total. The van der Waals surface area contributed by atoms with E-state index in [1.54, 1.807) is 12.1 Å². The van der Waals surface area contributed by atoms with Crippen molar-refractivity contribution in [1.82, 2.24) is 0 Å². The summed E-state index contributed by atoms with van der Waals surface area (Å²) in [5.41, 5.74) is 0.547. The Morgan fingerprint density at radius 1 is 1.27 bits per heavy atom. The Kier molecular flexibility index (Phi) is 2.24. The van der Waals surface area contributed by atoms with E-state index in [2.05, 4.69) is 4.74 Å². The lowest BCUT2D eigenvalue weighted by molar-refractivity contribution is -0.0555. The minimum absolute atomic E-state index is 0.226. The Hall–Kier alpha value is -1.75. The fourth-order valence-corrected chi connectivity index (χ4v) is 1.60. The molecule has 15 heavy (non-hydrogen) atoms. The molecule has 2 rings (SSSR count). The Balaban J connectivity index is 2.67. The van der Waals surface area contributed by atoms with Crippen LogP contribution in [-0.4, -0.2) is 25.3 Å².